The van der Waals surface area contributed by atoms with Crippen LogP contribution in [-0.4, -0.2) is 5.54 Å². The van der Waals surface area contributed by atoms with Crippen molar-refractivity contribution in [2.24, 2.45) is 11.7 Å². The summed E-state index contributed by atoms with van der Waals surface area (Å²) in [6.07, 6.45) is 6.02. The molecule has 1 aliphatic carbocycles. The summed E-state index contributed by atoms with van der Waals surface area (Å²) >= 11 is 0. The summed E-state index contributed by atoms with van der Waals surface area (Å²) in [5, 5.41) is 0. The molecule has 0 amide bonds. The normalized spacial score (nSPS) is 21.7. The fraction of sp³-hybridized carbons (Fsp3) is 0.818. The van der Waals surface area contributed by atoms with Crippen molar-refractivity contribution < 1.29 is 0 Å². The molecular weight excluding hydrogens is 146 g/mol. The van der Waals surface area contributed by atoms with E-state index in [4.69, 9.17) is 5.73 Å². The first-order chi connectivity index (χ1) is 5.62. The fourth-order valence-corrected chi connectivity index (χ4v) is 1.60. The van der Waals surface area contributed by atoms with Crippen LogP contribution in [0.1, 0.15) is 46.0 Å². The van der Waals surface area contributed by atoms with Gasteiger partial charge in [0, 0.05) is 5.92 Å². The fourth-order valence-electron chi connectivity index (χ4n) is 1.60. The highest BCUT2D eigenvalue weighted by Gasteiger charge is 2.24. The van der Waals surface area contributed by atoms with Crippen LogP contribution in [0, 0.1) is 17.8 Å². The maximum absolute atomic E-state index is 6.13. The zero-order valence-electron chi connectivity index (χ0n) is 8.19. The summed E-state index contributed by atoms with van der Waals surface area (Å²) < 4.78 is 0. The number of hydrogen-bond acceptors (Lipinski definition) is 1. The molecule has 68 valence electrons. The highest BCUT2D eigenvalue weighted by Crippen LogP contribution is 2.25. The van der Waals surface area contributed by atoms with E-state index in [0.29, 0.717) is 5.92 Å². The second-order valence-electron chi connectivity index (χ2n) is 4.14. The second kappa shape index (κ2) is 3.96. The Bertz CT molecular complexity index is 189. The van der Waals surface area contributed by atoms with Gasteiger partial charge in [0.2, 0.25) is 0 Å². The molecule has 1 heteroatoms. The van der Waals surface area contributed by atoms with Gasteiger partial charge in [0.05, 0.1) is 5.54 Å². The summed E-state index contributed by atoms with van der Waals surface area (Å²) in [5.74, 6) is 6.86. The van der Waals surface area contributed by atoms with Gasteiger partial charge in [-0.15, -0.1) is 0 Å². The van der Waals surface area contributed by atoms with Crippen LogP contribution in [-0.2, 0) is 0 Å². The average Bonchev–Trinajstić information content (AvgIpc) is 2.03. The lowest BCUT2D eigenvalue weighted by Gasteiger charge is -2.27. The Labute approximate surface area is 75.7 Å². The maximum Gasteiger partial charge on any atom is 0.0776 e. The predicted octanol–water partition coefficient (Wildman–Crippen LogP) is 2.31. The van der Waals surface area contributed by atoms with Crippen LogP contribution in [0.4, 0.5) is 0 Å². The van der Waals surface area contributed by atoms with Crippen molar-refractivity contribution in [3.63, 3.8) is 0 Å². The topological polar surface area (TPSA) is 26.0 Å². The van der Waals surface area contributed by atoms with Gasteiger partial charge in [-0.3, -0.25) is 0 Å². The quantitative estimate of drug-likeness (QED) is 0.548. The second-order valence-corrected chi connectivity index (χ2v) is 4.14. The van der Waals surface area contributed by atoms with Gasteiger partial charge in [-0.2, -0.15) is 0 Å². The molecule has 0 radical (unpaired) electrons. The summed E-state index contributed by atoms with van der Waals surface area (Å²) in [6, 6.07) is 0. The first kappa shape index (κ1) is 9.61. The van der Waals surface area contributed by atoms with E-state index in [-0.39, 0.29) is 5.54 Å². The molecule has 1 nitrogen and oxygen atoms in total. The highest BCUT2D eigenvalue weighted by molar-refractivity contribution is 5.18. The van der Waals surface area contributed by atoms with E-state index in [1.807, 2.05) is 0 Å². The van der Waals surface area contributed by atoms with Gasteiger partial charge in [0.15, 0.2) is 0 Å². The van der Waals surface area contributed by atoms with E-state index >= 15 is 0 Å². The molecule has 0 heterocycles. The Morgan fingerprint density at radius 1 is 1.17 bits per heavy atom. The van der Waals surface area contributed by atoms with E-state index in [1.165, 1.54) is 19.3 Å². The number of rotatable bonds is 0. The molecular formula is C11H19N. The van der Waals surface area contributed by atoms with Crippen molar-refractivity contribution >= 4 is 0 Å². The monoisotopic (exact) mass is 165 g/mol. The Morgan fingerprint density at radius 3 is 2.25 bits per heavy atom. The van der Waals surface area contributed by atoms with Crippen molar-refractivity contribution in [3.8, 4) is 11.8 Å². The molecule has 0 spiro atoms. The van der Waals surface area contributed by atoms with E-state index in [1.54, 1.807) is 0 Å². The minimum Gasteiger partial charge on any atom is -0.315 e. The SMILES string of the molecule is CC(C)C#CC1(N)CCCCC1. The van der Waals surface area contributed by atoms with Crippen LogP contribution in [0.25, 0.3) is 0 Å². The third-order valence-corrected chi connectivity index (χ3v) is 2.36. The zero-order valence-corrected chi connectivity index (χ0v) is 8.19. The first-order valence-corrected chi connectivity index (χ1v) is 4.94. The van der Waals surface area contributed by atoms with E-state index in [0.717, 1.165) is 12.8 Å². The molecule has 0 aromatic carbocycles. The van der Waals surface area contributed by atoms with Crippen LogP contribution < -0.4 is 5.73 Å². The van der Waals surface area contributed by atoms with Crippen molar-refractivity contribution in [2.75, 3.05) is 0 Å². The Kier molecular flexibility index (Phi) is 3.17. The van der Waals surface area contributed by atoms with Crippen molar-refractivity contribution in [2.45, 2.75) is 51.5 Å². The molecule has 1 fully saturated rings. The lowest BCUT2D eigenvalue weighted by Crippen LogP contribution is -2.40. The number of nitrogens with two attached hydrogens (primary N) is 1. The number of hydrogen-bond donors (Lipinski definition) is 1. The lowest BCUT2D eigenvalue weighted by atomic mass is 9.83. The van der Waals surface area contributed by atoms with Crippen LogP contribution in [0.3, 0.4) is 0 Å². The van der Waals surface area contributed by atoms with Gasteiger partial charge in [0.1, 0.15) is 0 Å². The van der Waals surface area contributed by atoms with Crippen LogP contribution in [0.15, 0.2) is 0 Å². The van der Waals surface area contributed by atoms with Crippen molar-refractivity contribution in [3.05, 3.63) is 0 Å². The summed E-state index contributed by atoms with van der Waals surface area (Å²) in [5.41, 5.74) is 5.98. The molecule has 2 N–H and O–H groups in total. The summed E-state index contributed by atoms with van der Waals surface area (Å²) in [7, 11) is 0. The third-order valence-electron chi connectivity index (χ3n) is 2.36. The first-order valence-electron chi connectivity index (χ1n) is 4.94. The lowest BCUT2D eigenvalue weighted by molar-refractivity contribution is 0.370. The summed E-state index contributed by atoms with van der Waals surface area (Å²) in [4.78, 5) is 0. The summed E-state index contributed by atoms with van der Waals surface area (Å²) in [6.45, 7) is 4.22. The van der Waals surface area contributed by atoms with Gasteiger partial charge >= 0.3 is 0 Å². The molecule has 0 aromatic heterocycles. The van der Waals surface area contributed by atoms with Crippen molar-refractivity contribution in [1.82, 2.24) is 0 Å². The van der Waals surface area contributed by atoms with Crippen molar-refractivity contribution in [1.29, 1.82) is 0 Å². The van der Waals surface area contributed by atoms with Gasteiger partial charge < -0.3 is 5.73 Å². The van der Waals surface area contributed by atoms with Gasteiger partial charge in [0.25, 0.3) is 0 Å². The average molecular weight is 165 g/mol. The molecule has 12 heavy (non-hydrogen) atoms. The Balaban J connectivity index is 2.53. The Hall–Kier alpha value is -0.480. The van der Waals surface area contributed by atoms with Crippen LogP contribution in [0.5, 0.6) is 0 Å². The molecule has 0 saturated heterocycles. The highest BCUT2D eigenvalue weighted by atomic mass is 14.7. The predicted molar refractivity (Wildman–Crippen MR) is 52.6 cm³/mol. The van der Waals surface area contributed by atoms with Gasteiger partial charge in [-0.1, -0.05) is 45.0 Å². The zero-order chi connectivity index (χ0) is 9.03. The largest absolute Gasteiger partial charge is 0.315 e. The molecule has 1 saturated carbocycles. The third kappa shape index (κ3) is 2.87. The van der Waals surface area contributed by atoms with E-state index in [9.17, 15) is 0 Å². The van der Waals surface area contributed by atoms with E-state index < -0.39 is 0 Å². The molecule has 0 aromatic rings. The standard InChI is InChI=1S/C11H19N/c1-10(2)6-9-11(12)7-4-3-5-8-11/h10H,3-5,7-8,12H2,1-2H3. The molecule has 0 unspecified atom stereocenters. The van der Waals surface area contributed by atoms with Crippen LogP contribution in [0.2, 0.25) is 0 Å². The molecule has 0 atom stereocenters. The maximum atomic E-state index is 6.13. The smallest absolute Gasteiger partial charge is 0.0776 e. The van der Waals surface area contributed by atoms with Gasteiger partial charge in [-0.25, -0.2) is 0 Å². The van der Waals surface area contributed by atoms with Gasteiger partial charge in [-0.05, 0) is 12.8 Å². The molecule has 0 aliphatic heterocycles. The van der Waals surface area contributed by atoms with E-state index in [2.05, 4.69) is 25.7 Å². The molecule has 1 aliphatic rings. The van der Waals surface area contributed by atoms with Crippen LogP contribution >= 0.6 is 0 Å². The minimum absolute atomic E-state index is 0.150. The minimum atomic E-state index is -0.150. The molecule has 1 rings (SSSR count). The molecule has 0 bridgehead atoms. The Morgan fingerprint density at radius 2 is 1.75 bits per heavy atom.